The van der Waals surface area contributed by atoms with Crippen LogP contribution >= 0.6 is 0 Å². The fraction of sp³-hybridized carbons (Fsp3) is 0.615. The first-order valence-corrected chi connectivity index (χ1v) is 12.7. The van der Waals surface area contributed by atoms with Crippen LogP contribution in [0.5, 0.6) is 0 Å². The van der Waals surface area contributed by atoms with Crippen LogP contribution in [0, 0.1) is 13.8 Å². The number of aromatic nitrogens is 5. The maximum Gasteiger partial charge on any atom is 0.252 e. The summed E-state index contributed by atoms with van der Waals surface area (Å²) in [6, 6.07) is 7.21. The lowest BCUT2D eigenvalue weighted by molar-refractivity contribution is 0.131. The van der Waals surface area contributed by atoms with E-state index in [2.05, 4.69) is 62.1 Å². The quantitative estimate of drug-likeness (QED) is 0.576. The van der Waals surface area contributed by atoms with Gasteiger partial charge in [0.05, 0.1) is 18.1 Å². The van der Waals surface area contributed by atoms with Crippen molar-refractivity contribution in [3.63, 3.8) is 0 Å². The highest BCUT2D eigenvalue weighted by Crippen LogP contribution is 2.30. The minimum Gasteiger partial charge on any atom is -0.321 e. The topological polar surface area (TPSA) is 79.7 Å². The Morgan fingerprint density at radius 1 is 1.00 bits per heavy atom. The molecule has 0 radical (unpaired) electrons. The van der Waals surface area contributed by atoms with Crippen molar-refractivity contribution in [2.45, 2.75) is 103 Å². The lowest BCUT2D eigenvalue weighted by Crippen LogP contribution is -2.38. The second-order valence-electron chi connectivity index (χ2n) is 10.1. The van der Waals surface area contributed by atoms with E-state index in [9.17, 15) is 4.79 Å². The number of hydrogen-bond acceptors (Lipinski definition) is 5. The first-order chi connectivity index (χ1) is 16.1. The Bertz CT molecular complexity index is 1150. The Morgan fingerprint density at radius 2 is 1.73 bits per heavy atom. The molecule has 33 heavy (non-hydrogen) atoms. The number of benzene rings is 1. The SMILES string of the molecule is Cc1ccc2cc(CN(Cc3nnnn3C3CCCCC3)C3CCCCC3)c(=O)[nH]c2c1C. The molecule has 7 heteroatoms. The van der Waals surface area contributed by atoms with Gasteiger partial charge >= 0.3 is 0 Å². The van der Waals surface area contributed by atoms with E-state index in [0.29, 0.717) is 25.2 Å². The molecule has 2 aliphatic rings. The van der Waals surface area contributed by atoms with Crippen molar-refractivity contribution in [3.8, 4) is 0 Å². The number of nitrogens with zero attached hydrogens (tertiary/aromatic N) is 5. The Kier molecular flexibility index (Phi) is 6.58. The van der Waals surface area contributed by atoms with Gasteiger partial charge in [0.2, 0.25) is 0 Å². The first-order valence-electron chi connectivity index (χ1n) is 12.7. The highest BCUT2D eigenvalue weighted by Gasteiger charge is 2.26. The summed E-state index contributed by atoms with van der Waals surface area (Å²) >= 11 is 0. The van der Waals surface area contributed by atoms with E-state index in [1.165, 1.54) is 56.9 Å². The van der Waals surface area contributed by atoms with Crippen molar-refractivity contribution >= 4 is 10.9 Å². The summed E-state index contributed by atoms with van der Waals surface area (Å²) < 4.78 is 2.08. The molecule has 1 N–H and O–H groups in total. The Balaban J connectivity index is 1.44. The third kappa shape index (κ3) is 4.74. The first kappa shape index (κ1) is 22.3. The molecule has 0 spiro atoms. The number of aromatic amines is 1. The largest absolute Gasteiger partial charge is 0.321 e. The molecule has 5 rings (SSSR count). The van der Waals surface area contributed by atoms with Gasteiger partial charge in [0.1, 0.15) is 0 Å². The van der Waals surface area contributed by atoms with Crippen molar-refractivity contribution < 1.29 is 0 Å². The van der Waals surface area contributed by atoms with Crippen molar-refractivity contribution in [2.75, 3.05) is 0 Å². The maximum atomic E-state index is 13.1. The van der Waals surface area contributed by atoms with Crippen LogP contribution in [0.3, 0.4) is 0 Å². The molecule has 0 saturated heterocycles. The van der Waals surface area contributed by atoms with Crippen molar-refractivity contribution in [1.29, 1.82) is 0 Å². The average molecular weight is 449 g/mol. The fourth-order valence-corrected chi connectivity index (χ4v) is 5.77. The van der Waals surface area contributed by atoms with Crippen LogP contribution in [0.4, 0.5) is 0 Å². The van der Waals surface area contributed by atoms with Crippen LogP contribution in [0.2, 0.25) is 0 Å². The summed E-state index contributed by atoms with van der Waals surface area (Å²) in [5, 5.41) is 14.0. The van der Waals surface area contributed by atoms with Crippen LogP contribution in [0.1, 0.15) is 92.8 Å². The van der Waals surface area contributed by atoms with Gasteiger partial charge in [-0.2, -0.15) is 0 Å². The zero-order valence-corrected chi connectivity index (χ0v) is 20.0. The number of fused-ring (bicyclic) bond motifs is 1. The van der Waals surface area contributed by atoms with Gasteiger partial charge in [-0.25, -0.2) is 4.68 Å². The molecule has 2 aliphatic carbocycles. The number of rotatable bonds is 6. The second kappa shape index (κ2) is 9.75. The third-order valence-electron chi connectivity index (χ3n) is 7.92. The summed E-state index contributed by atoms with van der Waals surface area (Å²) in [6.45, 7) is 5.48. The number of nitrogens with one attached hydrogen (secondary N) is 1. The monoisotopic (exact) mass is 448 g/mol. The summed E-state index contributed by atoms with van der Waals surface area (Å²) in [7, 11) is 0. The summed E-state index contributed by atoms with van der Waals surface area (Å²) in [5.74, 6) is 0.941. The van der Waals surface area contributed by atoms with Gasteiger partial charge in [-0.15, -0.1) is 5.10 Å². The Morgan fingerprint density at radius 3 is 2.48 bits per heavy atom. The second-order valence-corrected chi connectivity index (χ2v) is 10.1. The smallest absolute Gasteiger partial charge is 0.252 e. The summed E-state index contributed by atoms with van der Waals surface area (Å²) in [5.41, 5.74) is 4.14. The third-order valence-corrected chi connectivity index (χ3v) is 7.92. The number of hydrogen-bond donors (Lipinski definition) is 1. The molecule has 2 saturated carbocycles. The molecule has 7 nitrogen and oxygen atoms in total. The lowest BCUT2D eigenvalue weighted by atomic mass is 9.93. The molecule has 2 aromatic heterocycles. The molecule has 0 aliphatic heterocycles. The molecule has 0 atom stereocenters. The molecule has 0 amide bonds. The maximum absolute atomic E-state index is 13.1. The lowest BCUT2D eigenvalue weighted by Gasteiger charge is -2.34. The molecule has 2 heterocycles. The summed E-state index contributed by atoms with van der Waals surface area (Å²) in [4.78, 5) is 18.7. The highest BCUT2D eigenvalue weighted by atomic mass is 16.1. The standard InChI is InChI=1S/C26H36N6O/c1-18-13-14-20-15-21(26(33)27-25(20)19(18)2)16-31(22-9-5-3-6-10-22)17-24-28-29-30-32(24)23-11-7-4-8-12-23/h13-15,22-23H,3-12,16-17H2,1-2H3,(H,27,33). The van der Waals surface area contributed by atoms with Crippen LogP contribution in [-0.2, 0) is 13.1 Å². The van der Waals surface area contributed by atoms with Gasteiger partial charge in [0, 0.05) is 18.2 Å². The van der Waals surface area contributed by atoms with Gasteiger partial charge in [-0.05, 0) is 72.5 Å². The normalized spacial score (nSPS) is 18.4. The van der Waals surface area contributed by atoms with Gasteiger partial charge < -0.3 is 4.98 Å². The van der Waals surface area contributed by atoms with Gasteiger partial charge in [-0.3, -0.25) is 9.69 Å². The molecule has 0 bridgehead atoms. The average Bonchev–Trinajstić information content (AvgIpc) is 3.31. The zero-order valence-electron chi connectivity index (χ0n) is 20.0. The van der Waals surface area contributed by atoms with E-state index in [1.807, 2.05) is 0 Å². The highest BCUT2D eigenvalue weighted by molar-refractivity contribution is 5.83. The minimum absolute atomic E-state index is 0.0175. The van der Waals surface area contributed by atoms with Gasteiger partial charge in [0.15, 0.2) is 5.82 Å². The van der Waals surface area contributed by atoms with E-state index in [4.69, 9.17) is 0 Å². The fourth-order valence-electron chi connectivity index (χ4n) is 5.77. The molecule has 0 unspecified atom stereocenters. The Hall–Kier alpha value is -2.54. The van der Waals surface area contributed by atoms with Crippen LogP contribution < -0.4 is 5.56 Å². The van der Waals surface area contributed by atoms with E-state index < -0.39 is 0 Å². The van der Waals surface area contributed by atoms with E-state index in [-0.39, 0.29) is 5.56 Å². The number of pyridine rings is 1. The van der Waals surface area contributed by atoms with E-state index in [1.54, 1.807) is 0 Å². The van der Waals surface area contributed by atoms with Crippen LogP contribution in [0.25, 0.3) is 10.9 Å². The van der Waals surface area contributed by atoms with Crippen molar-refractivity contribution in [2.24, 2.45) is 0 Å². The zero-order chi connectivity index (χ0) is 22.8. The van der Waals surface area contributed by atoms with Crippen LogP contribution in [0.15, 0.2) is 23.0 Å². The van der Waals surface area contributed by atoms with E-state index in [0.717, 1.165) is 40.7 Å². The number of H-pyrrole nitrogens is 1. The van der Waals surface area contributed by atoms with Gasteiger partial charge in [-0.1, -0.05) is 50.7 Å². The molecule has 3 aromatic rings. The minimum atomic E-state index is 0.0175. The van der Waals surface area contributed by atoms with E-state index >= 15 is 0 Å². The predicted octanol–water partition coefficient (Wildman–Crippen LogP) is 4.97. The number of aryl methyl sites for hydroxylation is 2. The van der Waals surface area contributed by atoms with Crippen LogP contribution in [-0.4, -0.2) is 36.1 Å². The van der Waals surface area contributed by atoms with Crippen molar-refractivity contribution in [1.82, 2.24) is 30.1 Å². The molecule has 176 valence electrons. The van der Waals surface area contributed by atoms with Gasteiger partial charge in [0.25, 0.3) is 5.56 Å². The number of tetrazole rings is 1. The van der Waals surface area contributed by atoms with Crippen molar-refractivity contribution in [3.05, 3.63) is 51.1 Å². The molecular weight excluding hydrogens is 412 g/mol. The summed E-state index contributed by atoms with van der Waals surface area (Å²) in [6.07, 6.45) is 12.3. The molecule has 2 fully saturated rings. The molecule has 1 aromatic carbocycles. The predicted molar refractivity (Wildman–Crippen MR) is 130 cm³/mol. The molecular formula is C26H36N6O. The Labute approximate surface area is 195 Å².